The minimum atomic E-state index is -1.32. The van der Waals surface area contributed by atoms with Crippen molar-refractivity contribution in [2.75, 3.05) is 6.54 Å². The standard InChI is InChI=1S/C13H14N2O5/c14-11(17)8(13(19)20)4-5-15-6-9-7(12(15)18)2-1-3-10(9)16/h1-3,8,16H,4-6H2,(H2,14,17)(H,19,20). The van der Waals surface area contributed by atoms with Gasteiger partial charge >= 0.3 is 5.97 Å². The molecule has 0 saturated carbocycles. The maximum atomic E-state index is 12.1. The van der Waals surface area contributed by atoms with Gasteiger partial charge in [-0.3, -0.25) is 14.4 Å². The fraction of sp³-hybridized carbons (Fsp3) is 0.308. The number of benzene rings is 1. The third-order valence-electron chi connectivity index (χ3n) is 3.35. The van der Waals surface area contributed by atoms with Gasteiger partial charge in [0.25, 0.3) is 5.91 Å². The van der Waals surface area contributed by atoms with Crippen LogP contribution in [0.15, 0.2) is 18.2 Å². The normalized spacial score (nSPS) is 15.0. The number of phenols is 1. The molecule has 7 heteroatoms. The molecule has 0 spiro atoms. The molecule has 0 radical (unpaired) electrons. The summed E-state index contributed by atoms with van der Waals surface area (Å²) in [5, 5.41) is 18.5. The summed E-state index contributed by atoms with van der Waals surface area (Å²) in [6.45, 7) is 0.290. The number of carbonyl (C=O) groups excluding carboxylic acids is 2. The molecule has 4 N–H and O–H groups in total. The lowest BCUT2D eigenvalue weighted by Crippen LogP contribution is -2.34. The van der Waals surface area contributed by atoms with Gasteiger partial charge in [-0.05, 0) is 18.6 Å². The van der Waals surface area contributed by atoms with Gasteiger partial charge in [0.1, 0.15) is 11.7 Å². The minimum Gasteiger partial charge on any atom is -0.508 e. The first-order chi connectivity index (χ1) is 9.41. The molecule has 2 rings (SSSR count). The SMILES string of the molecule is NC(=O)C(CCN1Cc2c(O)cccc2C1=O)C(=O)O. The van der Waals surface area contributed by atoms with Crippen molar-refractivity contribution in [1.29, 1.82) is 0 Å². The molecule has 20 heavy (non-hydrogen) atoms. The Morgan fingerprint density at radius 3 is 2.65 bits per heavy atom. The summed E-state index contributed by atoms with van der Waals surface area (Å²) < 4.78 is 0. The van der Waals surface area contributed by atoms with Crippen LogP contribution in [0.1, 0.15) is 22.3 Å². The number of rotatable bonds is 5. The highest BCUT2D eigenvalue weighted by Gasteiger charge is 2.31. The fourth-order valence-electron chi connectivity index (χ4n) is 2.23. The first-order valence-electron chi connectivity index (χ1n) is 6.04. The van der Waals surface area contributed by atoms with Crippen LogP contribution in [0.2, 0.25) is 0 Å². The van der Waals surface area contributed by atoms with Gasteiger partial charge < -0.3 is 20.8 Å². The Labute approximate surface area is 114 Å². The summed E-state index contributed by atoms with van der Waals surface area (Å²) >= 11 is 0. The van der Waals surface area contributed by atoms with E-state index in [1.165, 1.54) is 11.0 Å². The summed E-state index contributed by atoms with van der Waals surface area (Å²) in [5.41, 5.74) is 5.92. The molecule has 0 bridgehead atoms. The molecular weight excluding hydrogens is 264 g/mol. The Kier molecular flexibility index (Phi) is 3.60. The lowest BCUT2D eigenvalue weighted by molar-refractivity contribution is -0.146. The summed E-state index contributed by atoms with van der Waals surface area (Å²) in [7, 11) is 0. The molecular formula is C13H14N2O5. The van der Waals surface area contributed by atoms with Gasteiger partial charge in [-0.2, -0.15) is 0 Å². The average molecular weight is 278 g/mol. The molecule has 106 valence electrons. The molecule has 1 heterocycles. The monoisotopic (exact) mass is 278 g/mol. The van der Waals surface area contributed by atoms with Crippen LogP contribution in [-0.4, -0.2) is 39.4 Å². The Balaban J connectivity index is 2.07. The topological polar surface area (TPSA) is 121 Å². The Morgan fingerprint density at radius 1 is 1.40 bits per heavy atom. The second kappa shape index (κ2) is 5.20. The van der Waals surface area contributed by atoms with Gasteiger partial charge in [-0.25, -0.2) is 0 Å². The predicted octanol–water partition coefficient (Wildman–Crippen LogP) is -0.0758. The molecule has 7 nitrogen and oxygen atoms in total. The van der Waals surface area contributed by atoms with Crippen molar-refractivity contribution < 1.29 is 24.6 Å². The number of carboxylic acids is 1. The van der Waals surface area contributed by atoms with Crippen LogP contribution in [0, 0.1) is 5.92 Å². The molecule has 1 unspecified atom stereocenters. The first kappa shape index (κ1) is 13.9. The summed E-state index contributed by atoms with van der Waals surface area (Å²) in [5.74, 6) is -3.80. The zero-order valence-corrected chi connectivity index (χ0v) is 10.6. The van der Waals surface area contributed by atoms with Crippen molar-refractivity contribution in [3.8, 4) is 5.75 Å². The van der Waals surface area contributed by atoms with E-state index in [4.69, 9.17) is 10.8 Å². The number of nitrogens with two attached hydrogens (primary N) is 1. The number of aromatic hydroxyl groups is 1. The van der Waals surface area contributed by atoms with Crippen molar-refractivity contribution in [2.24, 2.45) is 11.7 Å². The van der Waals surface area contributed by atoms with Crippen molar-refractivity contribution in [3.63, 3.8) is 0 Å². The summed E-state index contributed by atoms with van der Waals surface area (Å²) in [6, 6.07) is 4.65. The highest BCUT2D eigenvalue weighted by atomic mass is 16.4. The molecule has 1 aromatic rings. The number of amides is 2. The lowest BCUT2D eigenvalue weighted by Gasteiger charge is -2.17. The van der Waals surface area contributed by atoms with Crippen LogP contribution in [-0.2, 0) is 16.1 Å². The fourth-order valence-corrected chi connectivity index (χ4v) is 2.23. The highest BCUT2D eigenvalue weighted by molar-refractivity contribution is 5.99. The molecule has 1 aliphatic heterocycles. The van der Waals surface area contributed by atoms with Gasteiger partial charge in [-0.15, -0.1) is 0 Å². The smallest absolute Gasteiger partial charge is 0.316 e. The summed E-state index contributed by atoms with van der Waals surface area (Å²) in [6.07, 6.45) is -0.0504. The number of aliphatic carboxylic acids is 1. The van der Waals surface area contributed by atoms with E-state index in [0.29, 0.717) is 11.1 Å². The number of fused-ring (bicyclic) bond motifs is 1. The molecule has 1 atom stereocenters. The van der Waals surface area contributed by atoms with E-state index in [-0.39, 0.29) is 31.2 Å². The second-order valence-electron chi connectivity index (χ2n) is 4.61. The van der Waals surface area contributed by atoms with Gasteiger partial charge in [0.15, 0.2) is 0 Å². The third-order valence-corrected chi connectivity index (χ3v) is 3.35. The predicted molar refractivity (Wildman–Crippen MR) is 67.8 cm³/mol. The van der Waals surface area contributed by atoms with Gasteiger partial charge in [0.05, 0.1) is 6.54 Å². The van der Waals surface area contributed by atoms with Crippen molar-refractivity contribution in [1.82, 2.24) is 4.90 Å². The zero-order valence-electron chi connectivity index (χ0n) is 10.6. The van der Waals surface area contributed by atoms with E-state index in [1.807, 2.05) is 0 Å². The highest BCUT2D eigenvalue weighted by Crippen LogP contribution is 2.30. The van der Waals surface area contributed by atoms with Crippen molar-refractivity contribution >= 4 is 17.8 Å². The number of hydrogen-bond donors (Lipinski definition) is 3. The van der Waals surface area contributed by atoms with E-state index in [1.54, 1.807) is 12.1 Å². The quantitative estimate of drug-likeness (QED) is 0.651. The van der Waals surface area contributed by atoms with Crippen LogP contribution in [0.25, 0.3) is 0 Å². The number of phenolic OH excluding ortho intramolecular Hbond substituents is 1. The molecule has 0 aromatic heterocycles. The zero-order chi connectivity index (χ0) is 14.9. The number of primary amides is 1. The van der Waals surface area contributed by atoms with Crippen LogP contribution >= 0.6 is 0 Å². The maximum Gasteiger partial charge on any atom is 0.316 e. The number of carbonyl (C=O) groups is 3. The molecule has 0 saturated heterocycles. The Hall–Kier alpha value is -2.57. The third kappa shape index (κ3) is 2.42. The molecule has 1 aliphatic rings. The van der Waals surface area contributed by atoms with E-state index in [9.17, 15) is 19.5 Å². The lowest BCUT2D eigenvalue weighted by atomic mass is 10.1. The van der Waals surface area contributed by atoms with Gasteiger partial charge in [0, 0.05) is 17.7 Å². The van der Waals surface area contributed by atoms with E-state index in [0.717, 1.165) is 0 Å². The van der Waals surface area contributed by atoms with Gasteiger partial charge in [-0.1, -0.05) is 6.07 Å². The second-order valence-corrected chi connectivity index (χ2v) is 4.61. The summed E-state index contributed by atoms with van der Waals surface area (Å²) in [4.78, 5) is 35.3. The number of hydrogen-bond acceptors (Lipinski definition) is 4. The molecule has 2 amide bonds. The average Bonchev–Trinajstić information content (AvgIpc) is 2.68. The van der Waals surface area contributed by atoms with E-state index in [2.05, 4.69) is 0 Å². The van der Waals surface area contributed by atoms with Crippen LogP contribution < -0.4 is 5.73 Å². The van der Waals surface area contributed by atoms with Crippen molar-refractivity contribution in [2.45, 2.75) is 13.0 Å². The number of carboxylic acid groups (broad SMARTS) is 1. The van der Waals surface area contributed by atoms with Crippen LogP contribution in [0.5, 0.6) is 5.75 Å². The van der Waals surface area contributed by atoms with Crippen LogP contribution in [0.3, 0.4) is 0 Å². The van der Waals surface area contributed by atoms with Gasteiger partial charge in [0.2, 0.25) is 5.91 Å². The van der Waals surface area contributed by atoms with Crippen molar-refractivity contribution in [3.05, 3.63) is 29.3 Å². The Bertz CT molecular complexity index is 570. The van der Waals surface area contributed by atoms with E-state index < -0.39 is 17.8 Å². The molecule has 0 fully saturated rings. The van der Waals surface area contributed by atoms with Crippen LogP contribution in [0.4, 0.5) is 0 Å². The Morgan fingerprint density at radius 2 is 2.10 bits per heavy atom. The molecule has 0 aliphatic carbocycles. The first-order valence-corrected chi connectivity index (χ1v) is 6.04. The molecule has 1 aromatic carbocycles. The number of nitrogens with zero attached hydrogens (tertiary/aromatic N) is 1. The van der Waals surface area contributed by atoms with E-state index >= 15 is 0 Å². The maximum absolute atomic E-state index is 12.1. The largest absolute Gasteiger partial charge is 0.508 e. The minimum absolute atomic E-state index is 0.0306.